The van der Waals surface area contributed by atoms with Crippen molar-refractivity contribution in [1.82, 2.24) is 5.32 Å². The Morgan fingerprint density at radius 3 is 2.08 bits per heavy atom. The minimum absolute atomic E-state index is 0.198. The van der Waals surface area contributed by atoms with Crippen LogP contribution in [0.5, 0.6) is 17.2 Å². The van der Waals surface area contributed by atoms with Crippen LogP contribution in [0, 0.1) is 0 Å². The van der Waals surface area contributed by atoms with E-state index >= 15 is 0 Å². The Labute approximate surface area is 148 Å². The zero-order chi connectivity index (χ0) is 18.2. The van der Waals surface area contributed by atoms with Gasteiger partial charge < -0.3 is 19.5 Å². The van der Waals surface area contributed by atoms with Crippen molar-refractivity contribution in [2.45, 2.75) is 19.8 Å². The number of carbonyl (C=O) groups excluding carboxylic acids is 1. The van der Waals surface area contributed by atoms with E-state index < -0.39 is 0 Å². The van der Waals surface area contributed by atoms with Gasteiger partial charge in [-0.2, -0.15) is 0 Å². The summed E-state index contributed by atoms with van der Waals surface area (Å²) in [5, 5.41) is 2.83. The van der Waals surface area contributed by atoms with Crippen LogP contribution in [0.3, 0.4) is 0 Å². The molecule has 0 atom stereocenters. The van der Waals surface area contributed by atoms with Gasteiger partial charge in [0.2, 0.25) is 0 Å². The molecule has 0 aliphatic rings. The summed E-state index contributed by atoms with van der Waals surface area (Å²) in [5.41, 5.74) is 1.75. The first-order valence-corrected chi connectivity index (χ1v) is 8.27. The maximum Gasteiger partial charge on any atom is 0.251 e. The number of methoxy groups -OCH3 is 2. The molecule has 0 aromatic heterocycles. The lowest BCUT2D eigenvalue weighted by Gasteiger charge is -2.11. The molecular formula is C20H25NO4. The molecule has 0 spiro atoms. The number of nitrogens with one attached hydrogen (secondary N) is 1. The van der Waals surface area contributed by atoms with E-state index in [4.69, 9.17) is 14.2 Å². The average molecular weight is 343 g/mol. The lowest BCUT2D eigenvalue weighted by molar-refractivity contribution is 0.0946. The van der Waals surface area contributed by atoms with Crippen molar-refractivity contribution in [3.05, 3.63) is 53.6 Å². The van der Waals surface area contributed by atoms with E-state index in [1.54, 1.807) is 32.4 Å². The molecule has 1 amide bonds. The van der Waals surface area contributed by atoms with Gasteiger partial charge in [0.15, 0.2) is 0 Å². The summed E-state index contributed by atoms with van der Waals surface area (Å²) in [6.45, 7) is 5.11. The van der Waals surface area contributed by atoms with Gasteiger partial charge in [0, 0.05) is 11.6 Å². The summed E-state index contributed by atoms with van der Waals surface area (Å²) in [6.07, 6.45) is 0. The Balaban J connectivity index is 1.84. The van der Waals surface area contributed by atoms with Crippen LogP contribution < -0.4 is 19.5 Å². The predicted molar refractivity (Wildman–Crippen MR) is 97.9 cm³/mol. The first-order valence-electron chi connectivity index (χ1n) is 8.27. The maximum absolute atomic E-state index is 12.2. The third-order valence-corrected chi connectivity index (χ3v) is 3.82. The summed E-state index contributed by atoms with van der Waals surface area (Å²) < 4.78 is 16.0. The topological polar surface area (TPSA) is 56.8 Å². The van der Waals surface area contributed by atoms with Crippen LogP contribution in [-0.4, -0.2) is 33.3 Å². The van der Waals surface area contributed by atoms with E-state index in [1.165, 1.54) is 5.56 Å². The van der Waals surface area contributed by atoms with Crippen molar-refractivity contribution < 1.29 is 19.0 Å². The monoisotopic (exact) mass is 343 g/mol. The summed E-state index contributed by atoms with van der Waals surface area (Å²) in [6, 6.07) is 13.1. The number of amides is 1. The first kappa shape index (κ1) is 18.6. The van der Waals surface area contributed by atoms with Gasteiger partial charge in [-0.05, 0) is 35.7 Å². The molecule has 0 aliphatic heterocycles. The molecule has 2 aromatic rings. The molecule has 5 heteroatoms. The molecule has 25 heavy (non-hydrogen) atoms. The van der Waals surface area contributed by atoms with Crippen LogP contribution in [0.15, 0.2) is 42.5 Å². The van der Waals surface area contributed by atoms with E-state index in [0.29, 0.717) is 36.1 Å². The van der Waals surface area contributed by atoms with Crippen LogP contribution in [-0.2, 0) is 0 Å². The summed E-state index contributed by atoms with van der Waals surface area (Å²) >= 11 is 0. The van der Waals surface area contributed by atoms with E-state index in [0.717, 1.165) is 5.75 Å². The standard InChI is InChI=1S/C20H25NO4/c1-14(2)15-5-7-17(8-6-15)25-10-9-21-20(22)16-11-18(23-3)13-19(12-16)24-4/h5-8,11-14H,9-10H2,1-4H3,(H,21,22). The summed E-state index contributed by atoms with van der Waals surface area (Å²) in [4.78, 5) is 12.2. The van der Waals surface area contributed by atoms with Gasteiger partial charge in [0.1, 0.15) is 23.9 Å². The van der Waals surface area contributed by atoms with Crippen molar-refractivity contribution >= 4 is 5.91 Å². The maximum atomic E-state index is 12.2. The summed E-state index contributed by atoms with van der Waals surface area (Å²) in [7, 11) is 3.10. The second kappa shape index (κ2) is 8.97. The average Bonchev–Trinajstić information content (AvgIpc) is 2.64. The SMILES string of the molecule is COc1cc(OC)cc(C(=O)NCCOc2ccc(C(C)C)cc2)c1. The second-order valence-corrected chi connectivity index (χ2v) is 5.93. The molecule has 2 rings (SSSR count). The molecule has 5 nitrogen and oxygen atoms in total. The smallest absolute Gasteiger partial charge is 0.251 e. The zero-order valence-corrected chi connectivity index (χ0v) is 15.2. The van der Waals surface area contributed by atoms with Crippen molar-refractivity contribution in [2.75, 3.05) is 27.4 Å². The Morgan fingerprint density at radius 2 is 1.56 bits per heavy atom. The highest BCUT2D eigenvalue weighted by Crippen LogP contribution is 2.22. The minimum atomic E-state index is -0.198. The Hall–Kier alpha value is -2.69. The van der Waals surface area contributed by atoms with Crippen LogP contribution in [0.25, 0.3) is 0 Å². The fourth-order valence-electron chi connectivity index (χ4n) is 2.32. The van der Waals surface area contributed by atoms with Gasteiger partial charge in [0.25, 0.3) is 5.91 Å². The number of benzene rings is 2. The Morgan fingerprint density at radius 1 is 0.960 bits per heavy atom. The van der Waals surface area contributed by atoms with Crippen molar-refractivity contribution in [2.24, 2.45) is 0 Å². The molecule has 1 N–H and O–H groups in total. The number of rotatable bonds is 8. The Bertz CT molecular complexity index is 673. The molecule has 0 saturated heterocycles. The van der Waals surface area contributed by atoms with Gasteiger partial charge in [-0.25, -0.2) is 0 Å². The third kappa shape index (κ3) is 5.41. The molecule has 0 fully saturated rings. The Kier molecular flexibility index (Phi) is 6.69. The van der Waals surface area contributed by atoms with Crippen molar-refractivity contribution in [1.29, 1.82) is 0 Å². The molecular weight excluding hydrogens is 318 g/mol. The molecule has 0 radical (unpaired) electrons. The number of hydrogen-bond acceptors (Lipinski definition) is 4. The highest BCUT2D eigenvalue weighted by atomic mass is 16.5. The predicted octanol–water partition coefficient (Wildman–Crippen LogP) is 3.64. The molecule has 134 valence electrons. The highest BCUT2D eigenvalue weighted by Gasteiger charge is 2.09. The van der Waals surface area contributed by atoms with Gasteiger partial charge in [-0.1, -0.05) is 26.0 Å². The number of carbonyl (C=O) groups is 1. The zero-order valence-electron chi connectivity index (χ0n) is 15.2. The lowest BCUT2D eigenvalue weighted by atomic mass is 10.0. The van der Waals surface area contributed by atoms with E-state index in [2.05, 4.69) is 31.3 Å². The van der Waals surface area contributed by atoms with E-state index in [1.807, 2.05) is 12.1 Å². The fraction of sp³-hybridized carbons (Fsp3) is 0.350. The van der Waals surface area contributed by atoms with Gasteiger partial charge >= 0.3 is 0 Å². The molecule has 0 unspecified atom stereocenters. The van der Waals surface area contributed by atoms with Crippen LogP contribution in [0.1, 0.15) is 35.7 Å². The van der Waals surface area contributed by atoms with E-state index in [-0.39, 0.29) is 5.91 Å². The van der Waals surface area contributed by atoms with Gasteiger partial charge in [-0.3, -0.25) is 4.79 Å². The largest absolute Gasteiger partial charge is 0.497 e. The molecule has 0 aliphatic carbocycles. The normalized spacial score (nSPS) is 10.4. The van der Waals surface area contributed by atoms with E-state index in [9.17, 15) is 4.79 Å². The van der Waals surface area contributed by atoms with Crippen LogP contribution in [0.4, 0.5) is 0 Å². The lowest BCUT2D eigenvalue weighted by Crippen LogP contribution is -2.28. The number of ether oxygens (including phenoxy) is 3. The molecule has 0 saturated carbocycles. The van der Waals surface area contributed by atoms with Crippen LogP contribution in [0.2, 0.25) is 0 Å². The summed E-state index contributed by atoms with van der Waals surface area (Å²) in [5.74, 6) is 2.24. The molecule has 0 heterocycles. The fourth-order valence-corrected chi connectivity index (χ4v) is 2.32. The first-order chi connectivity index (χ1) is 12.0. The number of hydrogen-bond donors (Lipinski definition) is 1. The van der Waals surface area contributed by atoms with Gasteiger partial charge in [-0.15, -0.1) is 0 Å². The molecule has 0 bridgehead atoms. The highest BCUT2D eigenvalue weighted by molar-refractivity contribution is 5.95. The molecule has 2 aromatic carbocycles. The minimum Gasteiger partial charge on any atom is -0.497 e. The second-order valence-electron chi connectivity index (χ2n) is 5.93. The van der Waals surface area contributed by atoms with Crippen LogP contribution >= 0.6 is 0 Å². The third-order valence-electron chi connectivity index (χ3n) is 3.82. The van der Waals surface area contributed by atoms with Crippen molar-refractivity contribution in [3.8, 4) is 17.2 Å². The quantitative estimate of drug-likeness (QED) is 0.744. The van der Waals surface area contributed by atoms with Gasteiger partial charge in [0.05, 0.1) is 20.8 Å². The van der Waals surface area contributed by atoms with Crippen molar-refractivity contribution in [3.63, 3.8) is 0 Å².